The van der Waals surface area contributed by atoms with E-state index in [9.17, 15) is 14.5 Å². The molecule has 1 heterocycles. The Balaban J connectivity index is 2.18. The van der Waals surface area contributed by atoms with Crippen molar-refractivity contribution in [3.8, 4) is 5.75 Å². The van der Waals surface area contributed by atoms with Crippen LogP contribution in [0.5, 0.6) is 5.75 Å². The second-order valence-electron chi connectivity index (χ2n) is 4.07. The van der Waals surface area contributed by atoms with Crippen LogP contribution in [-0.4, -0.2) is 9.91 Å². The summed E-state index contributed by atoms with van der Waals surface area (Å²) < 4.78 is 19.0. The quantitative estimate of drug-likeness (QED) is 0.490. The van der Waals surface area contributed by atoms with Crippen LogP contribution in [0.15, 0.2) is 30.3 Å². The molecule has 1 aromatic carbocycles. The highest BCUT2D eigenvalue weighted by Crippen LogP contribution is 2.27. The van der Waals surface area contributed by atoms with Gasteiger partial charge in [-0.05, 0) is 25.1 Å². The van der Waals surface area contributed by atoms with Gasteiger partial charge in [-0.1, -0.05) is 17.7 Å². The van der Waals surface area contributed by atoms with Gasteiger partial charge >= 0.3 is 0 Å². The minimum Gasteiger partial charge on any atom is -0.484 e. The van der Waals surface area contributed by atoms with E-state index in [4.69, 9.17) is 16.3 Å². The van der Waals surface area contributed by atoms with Gasteiger partial charge in [0.25, 0.3) is 5.69 Å². The van der Waals surface area contributed by atoms with Crippen LogP contribution in [-0.2, 0) is 6.61 Å². The molecular formula is C13H10ClFN2O3. The number of nitrogens with zero attached hydrogens (tertiary/aromatic N) is 2. The lowest BCUT2D eigenvalue weighted by atomic mass is 10.2. The van der Waals surface area contributed by atoms with E-state index in [-0.39, 0.29) is 18.0 Å². The lowest BCUT2D eigenvalue weighted by molar-refractivity contribution is -0.385. The molecule has 0 aliphatic heterocycles. The summed E-state index contributed by atoms with van der Waals surface area (Å²) >= 11 is 5.72. The average molecular weight is 297 g/mol. The van der Waals surface area contributed by atoms with Crippen molar-refractivity contribution in [2.45, 2.75) is 13.5 Å². The Morgan fingerprint density at radius 2 is 2.20 bits per heavy atom. The van der Waals surface area contributed by atoms with Gasteiger partial charge in [0.2, 0.25) is 0 Å². The first-order chi connectivity index (χ1) is 9.47. The molecular weight excluding hydrogens is 287 g/mol. The molecule has 20 heavy (non-hydrogen) atoms. The summed E-state index contributed by atoms with van der Waals surface area (Å²) in [6, 6.07) is 7.13. The molecule has 0 saturated heterocycles. The number of halogens is 2. The Hall–Kier alpha value is -2.21. The van der Waals surface area contributed by atoms with Gasteiger partial charge in [0.1, 0.15) is 11.8 Å². The van der Waals surface area contributed by atoms with E-state index in [0.29, 0.717) is 16.4 Å². The lowest BCUT2D eigenvalue weighted by Crippen LogP contribution is -2.01. The molecule has 0 atom stereocenters. The Bertz CT molecular complexity index is 664. The average Bonchev–Trinajstić information content (AvgIpc) is 2.39. The molecule has 0 radical (unpaired) electrons. The molecule has 104 valence electrons. The zero-order valence-corrected chi connectivity index (χ0v) is 11.2. The SMILES string of the molecule is Cc1cc(OCc2cccc(Cl)n2)c(F)cc1[N+](=O)[O-]. The number of nitro benzene ring substituents is 1. The van der Waals surface area contributed by atoms with Crippen LogP contribution >= 0.6 is 11.6 Å². The van der Waals surface area contributed by atoms with E-state index in [1.165, 1.54) is 13.0 Å². The molecule has 5 nitrogen and oxygen atoms in total. The van der Waals surface area contributed by atoms with E-state index < -0.39 is 10.7 Å². The topological polar surface area (TPSA) is 65.3 Å². The normalized spacial score (nSPS) is 10.3. The highest BCUT2D eigenvalue weighted by molar-refractivity contribution is 6.29. The highest BCUT2D eigenvalue weighted by atomic mass is 35.5. The molecule has 0 fully saturated rings. The van der Waals surface area contributed by atoms with Crippen LogP contribution in [0.2, 0.25) is 5.15 Å². The highest BCUT2D eigenvalue weighted by Gasteiger charge is 2.16. The number of pyridine rings is 1. The van der Waals surface area contributed by atoms with Crippen LogP contribution in [0, 0.1) is 22.9 Å². The first kappa shape index (κ1) is 14.2. The molecule has 0 amide bonds. The minimum absolute atomic E-state index is 0.0226. The van der Waals surface area contributed by atoms with Crippen molar-refractivity contribution in [1.29, 1.82) is 0 Å². The summed E-state index contributed by atoms with van der Waals surface area (Å²) in [6.45, 7) is 1.54. The molecule has 0 N–H and O–H groups in total. The molecule has 0 aliphatic rings. The minimum atomic E-state index is -0.788. The Kier molecular flexibility index (Phi) is 4.14. The maximum absolute atomic E-state index is 13.7. The maximum atomic E-state index is 13.7. The largest absolute Gasteiger partial charge is 0.484 e. The molecule has 0 saturated carbocycles. The number of nitro groups is 1. The fraction of sp³-hybridized carbons (Fsp3) is 0.154. The Morgan fingerprint density at radius 3 is 2.85 bits per heavy atom. The molecule has 0 unspecified atom stereocenters. The second kappa shape index (κ2) is 5.83. The number of rotatable bonds is 4. The number of aromatic nitrogens is 1. The van der Waals surface area contributed by atoms with E-state index in [0.717, 1.165) is 6.07 Å². The molecule has 2 aromatic rings. The number of hydrogen-bond donors (Lipinski definition) is 0. The summed E-state index contributed by atoms with van der Waals surface area (Å²) in [5.41, 5.74) is 0.578. The van der Waals surface area contributed by atoms with Crippen molar-refractivity contribution in [3.05, 3.63) is 62.7 Å². The van der Waals surface area contributed by atoms with Crippen molar-refractivity contribution >= 4 is 17.3 Å². The van der Waals surface area contributed by atoms with E-state index in [1.807, 2.05) is 0 Å². The van der Waals surface area contributed by atoms with Crippen LogP contribution in [0.1, 0.15) is 11.3 Å². The molecule has 0 aliphatic carbocycles. The summed E-state index contributed by atoms with van der Waals surface area (Å²) in [7, 11) is 0. The van der Waals surface area contributed by atoms with Crippen molar-refractivity contribution in [1.82, 2.24) is 4.98 Å². The van der Waals surface area contributed by atoms with Crippen LogP contribution < -0.4 is 4.74 Å². The summed E-state index contributed by atoms with van der Waals surface area (Å²) in [6.07, 6.45) is 0. The second-order valence-corrected chi connectivity index (χ2v) is 4.45. The van der Waals surface area contributed by atoms with Crippen molar-refractivity contribution in [3.63, 3.8) is 0 Å². The van der Waals surface area contributed by atoms with Crippen molar-refractivity contribution < 1.29 is 14.1 Å². The number of benzene rings is 1. The van der Waals surface area contributed by atoms with Crippen LogP contribution in [0.25, 0.3) is 0 Å². The zero-order valence-electron chi connectivity index (χ0n) is 10.5. The van der Waals surface area contributed by atoms with Gasteiger partial charge in [-0.15, -0.1) is 0 Å². The maximum Gasteiger partial charge on any atom is 0.275 e. The van der Waals surface area contributed by atoms with Gasteiger partial charge in [-0.3, -0.25) is 10.1 Å². The van der Waals surface area contributed by atoms with Gasteiger partial charge in [0.15, 0.2) is 11.6 Å². The Labute approximate surface area is 119 Å². The number of hydrogen-bond acceptors (Lipinski definition) is 4. The number of aryl methyl sites for hydroxylation is 1. The van der Waals surface area contributed by atoms with Gasteiger partial charge in [0.05, 0.1) is 16.7 Å². The predicted molar refractivity (Wildman–Crippen MR) is 71.4 cm³/mol. The third-order valence-electron chi connectivity index (χ3n) is 2.60. The van der Waals surface area contributed by atoms with Crippen molar-refractivity contribution in [2.24, 2.45) is 0 Å². The third-order valence-corrected chi connectivity index (χ3v) is 2.81. The standard InChI is InChI=1S/C13H10ClFN2O3/c1-8-5-12(10(15)6-11(8)17(18)19)20-7-9-3-2-4-13(14)16-9/h2-6H,7H2,1H3. The molecule has 7 heteroatoms. The zero-order chi connectivity index (χ0) is 14.7. The third kappa shape index (κ3) is 3.21. The van der Waals surface area contributed by atoms with Crippen molar-refractivity contribution in [2.75, 3.05) is 0 Å². The lowest BCUT2D eigenvalue weighted by Gasteiger charge is -2.08. The van der Waals surface area contributed by atoms with Gasteiger partial charge in [-0.25, -0.2) is 9.37 Å². The summed E-state index contributed by atoms with van der Waals surface area (Å²) in [5, 5.41) is 11.0. The molecule has 1 aromatic heterocycles. The predicted octanol–water partition coefficient (Wildman–Crippen LogP) is 3.67. The summed E-state index contributed by atoms with van der Waals surface area (Å²) in [4.78, 5) is 14.0. The van der Waals surface area contributed by atoms with E-state index in [1.54, 1.807) is 18.2 Å². The van der Waals surface area contributed by atoms with Crippen LogP contribution in [0.3, 0.4) is 0 Å². The van der Waals surface area contributed by atoms with Crippen LogP contribution in [0.4, 0.5) is 10.1 Å². The smallest absolute Gasteiger partial charge is 0.275 e. The molecule has 2 rings (SSSR count). The van der Waals surface area contributed by atoms with Gasteiger partial charge < -0.3 is 4.74 Å². The Morgan fingerprint density at radius 1 is 1.45 bits per heavy atom. The van der Waals surface area contributed by atoms with E-state index >= 15 is 0 Å². The monoisotopic (exact) mass is 296 g/mol. The van der Waals surface area contributed by atoms with E-state index in [2.05, 4.69) is 4.98 Å². The first-order valence-electron chi connectivity index (χ1n) is 5.66. The van der Waals surface area contributed by atoms with Gasteiger partial charge in [0, 0.05) is 5.56 Å². The fourth-order valence-electron chi connectivity index (χ4n) is 1.63. The first-order valence-corrected chi connectivity index (χ1v) is 6.04. The fourth-order valence-corrected chi connectivity index (χ4v) is 1.82. The van der Waals surface area contributed by atoms with Gasteiger partial charge in [-0.2, -0.15) is 0 Å². The molecule has 0 spiro atoms. The molecule has 0 bridgehead atoms. The summed E-state index contributed by atoms with van der Waals surface area (Å²) in [5.74, 6) is -0.848. The number of ether oxygens (including phenoxy) is 1.